The summed E-state index contributed by atoms with van der Waals surface area (Å²) in [5.41, 5.74) is 9.16. The lowest BCUT2D eigenvalue weighted by Gasteiger charge is -2.42. The van der Waals surface area contributed by atoms with Crippen LogP contribution >= 0.6 is 0 Å². The number of rotatable bonds is 11. The SMILES string of the molecule is COc1ccc2c(c1OC)O[C@H]1c3c(Cn4cc5cc[nH]c5c4)cc(O[C@@H]4O[C@H]([C@H](CN)OC(=O)CC(=O)O)[C@@H](O)[C@H](O)[C@H]4O)cc3OC[C@@H]21. The number of carboxylic acid groups (broad SMARTS) is 1. The minimum Gasteiger partial charge on any atom is -0.493 e. The van der Waals surface area contributed by atoms with Crippen LogP contribution in [0.1, 0.15) is 35.1 Å². The van der Waals surface area contributed by atoms with Gasteiger partial charge in [-0.3, -0.25) is 9.59 Å². The van der Waals surface area contributed by atoms with Gasteiger partial charge in [-0.1, -0.05) is 6.07 Å². The number of aromatic nitrogens is 2. The number of nitrogens with zero attached hydrogens (tertiary/aromatic N) is 1. The second-order valence-electron chi connectivity index (χ2n) is 12.3. The summed E-state index contributed by atoms with van der Waals surface area (Å²) < 4.78 is 43.2. The molecule has 7 rings (SSSR count). The average molecular weight is 696 g/mol. The van der Waals surface area contributed by atoms with Crippen molar-refractivity contribution in [3.63, 3.8) is 0 Å². The normalized spacial score (nSPS) is 25.8. The van der Waals surface area contributed by atoms with Crippen LogP contribution in [0.4, 0.5) is 0 Å². The fourth-order valence-electron chi connectivity index (χ4n) is 6.90. The predicted molar refractivity (Wildman–Crippen MR) is 171 cm³/mol. The molecule has 16 heteroatoms. The Morgan fingerprint density at radius 3 is 2.62 bits per heavy atom. The minimum absolute atomic E-state index is 0.167. The number of H-pyrrole nitrogens is 1. The van der Waals surface area contributed by atoms with Gasteiger partial charge in [0.2, 0.25) is 12.0 Å². The van der Waals surface area contributed by atoms with Crippen LogP contribution < -0.4 is 29.4 Å². The van der Waals surface area contributed by atoms with E-state index in [-0.39, 0.29) is 24.8 Å². The lowest BCUT2D eigenvalue weighted by Crippen LogP contribution is -2.63. The summed E-state index contributed by atoms with van der Waals surface area (Å²) >= 11 is 0. The van der Waals surface area contributed by atoms with Crippen molar-refractivity contribution < 1.29 is 63.2 Å². The van der Waals surface area contributed by atoms with Gasteiger partial charge in [0.05, 0.1) is 32.3 Å². The Kier molecular flexibility index (Phi) is 8.96. The van der Waals surface area contributed by atoms with Crippen molar-refractivity contribution in [1.29, 1.82) is 0 Å². The first-order valence-corrected chi connectivity index (χ1v) is 15.9. The Balaban J connectivity index is 1.22. The van der Waals surface area contributed by atoms with E-state index >= 15 is 0 Å². The molecule has 16 nitrogen and oxygen atoms in total. The number of methoxy groups -OCH3 is 2. The van der Waals surface area contributed by atoms with Gasteiger partial charge in [0.1, 0.15) is 54.5 Å². The van der Waals surface area contributed by atoms with Crippen LogP contribution in [0.15, 0.2) is 48.9 Å². The number of hydrogen-bond donors (Lipinski definition) is 6. The molecule has 0 spiro atoms. The molecule has 5 heterocycles. The highest BCUT2D eigenvalue weighted by atomic mass is 16.7. The number of benzene rings is 2. The molecule has 0 saturated carbocycles. The van der Waals surface area contributed by atoms with Crippen molar-refractivity contribution in [3.05, 3.63) is 65.6 Å². The zero-order valence-electron chi connectivity index (χ0n) is 27.1. The number of esters is 1. The fraction of sp³-hybridized carbons (Fsp3) is 0.412. The molecule has 1 saturated heterocycles. The first-order valence-electron chi connectivity index (χ1n) is 15.9. The smallest absolute Gasteiger partial charge is 0.317 e. The van der Waals surface area contributed by atoms with Gasteiger partial charge >= 0.3 is 11.9 Å². The van der Waals surface area contributed by atoms with Gasteiger partial charge in [-0.25, -0.2) is 0 Å². The highest BCUT2D eigenvalue weighted by Gasteiger charge is 2.49. The minimum atomic E-state index is -1.79. The van der Waals surface area contributed by atoms with E-state index in [0.29, 0.717) is 29.5 Å². The number of hydrogen-bond acceptors (Lipinski definition) is 13. The number of carbonyl (C=O) groups excluding carboxylic acids is 1. The number of aliphatic hydroxyl groups is 3. The summed E-state index contributed by atoms with van der Waals surface area (Å²) in [6.45, 7) is 0.249. The van der Waals surface area contributed by atoms with Crippen LogP contribution in [0.2, 0.25) is 0 Å². The summed E-state index contributed by atoms with van der Waals surface area (Å²) in [6.07, 6.45) is -5.27. The van der Waals surface area contributed by atoms with Crippen LogP contribution in [0.3, 0.4) is 0 Å². The summed E-state index contributed by atoms with van der Waals surface area (Å²) in [6, 6.07) is 9.09. The van der Waals surface area contributed by atoms with Crippen molar-refractivity contribution in [2.24, 2.45) is 5.73 Å². The quantitative estimate of drug-likeness (QED) is 0.0957. The Labute approximate surface area is 284 Å². The third-order valence-corrected chi connectivity index (χ3v) is 9.25. The molecule has 4 aromatic rings. The number of carboxylic acids is 1. The summed E-state index contributed by atoms with van der Waals surface area (Å²) in [4.78, 5) is 26.3. The molecule has 1 fully saturated rings. The number of nitrogens with one attached hydrogen (secondary N) is 1. The molecule has 3 aliphatic rings. The van der Waals surface area contributed by atoms with E-state index in [4.69, 9.17) is 44.0 Å². The number of fused-ring (bicyclic) bond motifs is 6. The summed E-state index contributed by atoms with van der Waals surface area (Å²) in [5, 5.41) is 42.3. The van der Waals surface area contributed by atoms with E-state index in [9.17, 15) is 24.9 Å². The van der Waals surface area contributed by atoms with E-state index in [1.807, 2.05) is 41.4 Å². The summed E-state index contributed by atoms with van der Waals surface area (Å²) in [5.74, 6) is -0.483. The molecule has 0 bridgehead atoms. The molecule has 0 radical (unpaired) electrons. The second-order valence-corrected chi connectivity index (χ2v) is 12.3. The van der Waals surface area contributed by atoms with Crippen molar-refractivity contribution in [1.82, 2.24) is 9.55 Å². The van der Waals surface area contributed by atoms with Crippen molar-refractivity contribution >= 4 is 22.8 Å². The van der Waals surface area contributed by atoms with Gasteiger partial charge in [-0.05, 0) is 23.8 Å². The molecule has 0 amide bonds. The van der Waals surface area contributed by atoms with Crippen LogP contribution in [-0.4, -0.2) is 106 Å². The second kappa shape index (κ2) is 13.4. The van der Waals surface area contributed by atoms with Gasteiger partial charge in [-0.15, -0.1) is 0 Å². The van der Waals surface area contributed by atoms with Crippen LogP contribution in [0.5, 0.6) is 28.7 Å². The number of ether oxygens (including phenoxy) is 7. The molecule has 3 aliphatic heterocycles. The Morgan fingerprint density at radius 2 is 1.90 bits per heavy atom. The molecule has 0 aliphatic carbocycles. The maximum Gasteiger partial charge on any atom is 0.317 e. The molecule has 266 valence electrons. The lowest BCUT2D eigenvalue weighted by atomic mass is 9.86. The largest absolute Gasteiger partial charge is 0.493 e. The Bertz CT molecular complexity index is 1880. The van der Waals surface area contributed by atoms with E-state index in [2.05, 4.69) is 4.98 Å². The standard InChI is InChI=1S/C34H37N3O13/c1-44-21-4-3-18-19-14-46-22-8-17(47-34-29(43)27(41)28(42)32(50-34)23(10-35)48-25(40)9-24(38)39)7-16(12-37-11-15-5-6-36-20(15)13-37)26(22)30(19)49-31(18)33(21)45-2/h3-8,11,13,19,23,27-30,32,34,36,41-43H,9-10,12,14,35H2,1-2H3,(H,38,39)/t19-,23-,27-,28-,29+,30+,32+,34+/m0/s1. The first kappa shape index (κ1) is 33.5. The highest BCUT2D eigenvalue weighted by Crippen LogP contribution is 2.57. The highest BCUT2D eigenvalue weighted by molar-refractivity contribution is 5.90. The van der Waals surface area contributed by atoms with Gasteiger partial charge in [-0.2, -0.15) is 0 Å². The van der Waals surface area contributed by atoms with Gasteiger partial charge < -0.3 is 68.9 Å². The predicted octanol–water partition coefficient (Wildman–Crippen LogP) is 1.18. The monoisotopic (exact) mass is 695 g/mol. The molecule has 2 aromatic heterocycles. The molecular formula is C34H37N3O13. The Morgan fingerprint density at radius 1 is 1.08 bits per heavy atom. The van der Waals surface area contributed by atoms with Gasteiger partial charge in [0, 0.05) is 54.3 Å². The topological polar surface area (TPSA) is 226 Å². The number of carbonyl (C=O) groups is 2. The lowest BCUT2D eigenvalue weighted by molar-refractivity contribution is -0.288. The molecular weight excluding hydrogens is 658 g/mol. The number of aromatic amines is 1. The first-order chi connectivity index (χ1) is 24.1. The van der Waals surface area contributed by atoms with E-state index in [0.717, 1.165) is 27.6 Å². The number of nitrogens with two attached hydrogens (primary N) is 1. The molecule has 50 heavy (non-hydrogen) atoms. The van der Waals surface area contributed by atoms with Crippen molar-refractivity contribution in [2.45, 2.75) is 61.8 Å². The number of aliphatic hydroxyl groups excluding tert-OH is 3. The third-order valence-electron chi connectivity index (χ3n) is 9.25. The van der Waals surface area contributed by atoms with E-state index in [1.165, 1.54) is 0 Å². The molecule has 2 aromatic carbocycles. The zero-order chi connectivity index (χ0) is 35.3. The van der Waals surface area contributed by atoms with E-state index in [1.54, 1.807) is 26.4 Å². The molecule has 7 N–H and O–H groups in total. The summed E-state index contributed by atoms with van der Waals surface area (Å²) in [7, 11) is 3.11. The van der Waals surface area contributed by atoms with E-state index < -0.39 is 61.3 Å². The third kappa shape index (κ3) is 5.94. The van der Waals surface area contributed by atoms with Gasteiger partial charge in [0.25, 0.3) is 0 Å². The van der Waals surface area contributed by atoms with Gasteiger partial charge in [0.15, 0.2) is 11.5 Å². The number of aliphatic carboxylic acids is 1. The Hall–Kier alpha value is -5.00. The van der Waals surface area contributed by atoms with Crippen molar-refractivity contribution in [3.8, 4) is 28.7 Å². The van der Waals surface area contributed by atoms with Crippen LogP contribution in [0, 0.1) is 0 Å². The van der Waals surface area contributed by atoms with Crippen LogP contribution in [-0.2, 0) is 25.6 Å². The van der Waals surface area contributed by atoms with Crippen LogP contribution in [0.25, 0.3) is 10.9 Å². The van der Waals surface area contributed by atoms with Crippen molar-refractivity contribution in [2.75, 3.05) is 27.4 Å². The maximum absolute atomic E-state index is 12.1. The maximum atomic E-state index is 12.1. The fourth-order valence-corrected chi connectivity index (χ4v) is 6.90. The molecule has 0 unspecified atom stereocenters. The zero-order valence-corrected chi connectivity index (χ0v) is 27.1. The molecule has 8 atom stereocenters. The average Bonchev–Trinajstić information content (AvgIpc) is 3.80.